The molecule has 0 saturated heterocycles. The summed E-state index contributed by atoms with van der Waals surface area (Å²) < 4.78 is 13.9. The van der Waals surface area contributed by atoms with Gasteiger partial charge in [0.05, 0.1) is 0 Å². The second kappa shape index (κ2) is 4.68. The highest BCUT2D eigenvalue weighted by atomic mass is 19.1. The first-order valence-corrected chi connectivity index (χ1v) is 5.57. The molecular weight excluding hydrogens is 251 g/mol. The standard InChI is InChI=1S/C14H11FO4/c15-14(12(16)17,13(18)19)8-9-5-6-10-3-1-2-4-11(10)7-9/h1-7H,8H2,(H,16,17)(H,18,19). The highest BCUT2D eigenvalue weighted by molar-refractivity contribution is 6.02. The lowest BCUT2D eigenvalue weighted by Crippen LogP contribution is -2.44. The van der Waals surface area contributed by atoms with Gasteiger partial charge in [0.25, 0.3) is 0 Å². The van der Waals surface area contributed by atoms with Crippen LogP contribution in [0, 0.1) is 0 Å². The number of fused-ring (bicyclic) bond motifs is 1. The van der Waals surface area contributed by atoms with E-state index in [9.17, 15) is 14.0 Å². The number of carboxylic acids is 2. The summed E-state index contributed by atoms with van der Waals surface area (Å²) in [6, 6.07) is 12.1. The molecule has 0 heterocycles. The minimum atomic E-state index is -3.30. The largest absolute Gasteiger partial charge is 0.478 e. The zero-order chi connectivity index (χ0) is 14.0. The molecule has 0 amide bonds. The molecule has 0 aromatic heterocycles. The number of alkyl halides is 1. The van der Waals surface area contributed by atoms with Crippen LogP contribution in [0.5, 0.6) is 0 Å². The van der Waals surface area contributed by atoms with E-state index in [4.69, 9.17) is 10.2 Å². The molecular formula is C14H11FO4. The van der Waals surface area contributed by atoms with Gasteiger partial charge in [-0.2, -0.15) is 0 Å². The number of halogens is 1. The molecule has 0 aliphatic heterocycles. The molecule has 4 nitrogen and oxygen atoms in total. The summed E-state index contributed by atoms with van der Waals surface area (Å²) in [4.78, 5) is 21.5. The third-order valence-electron chi connectivity index (χ3n) is 2.94. The van der Waals surface area contributed by atoms with E-state index in [0.29, 0.717) is 5.56 Å². The van der Waals surface area contributed by atoms with Gasteiger partial charge in [-0.15, -0.1) is 0 Å². The summed E-state index contributed by atoms with van der Waals surface area (Å²) >= 11 is 0. The van der Waals surface area contributed by atoms with E-state index in [1.807, 2.05) is 12.1 Å². The van der Waals surface area contributed by atoms with Crippen LogP contribution in [0.4, 0.5) is 4.39 Å². The third-order valence-corrected chi connectivity index (χ3v) is 2.94. The fourth-order valence-electron chi connectivity index (χ4n) is 1.87. The lowest BCUT2D eigenvalue weighted by atomic mass is 9.95. The monoisotopic (exact) mass is 262 g/mol. The molecule has 0 aliphatic carbocycles. The summed E-state index contributed by atoms with van der Waals surface area (Å²) in [5, 5.41) is 19.2. The van der Waals surface area contributed by atoms with Crippen LogP contribution in [0.15, 0.2) is 42.5 Å². The van der Waals surface area contributed by atoms with E-state index in [2.05, 4.69) is 0 Å². The zero-order valence-electron chi connectivity index (χ0n) is 9.84. The van der Waals surface area contributed by atoms with Crippen LogP contribution in [0.2, 0.25) is 0 Å². The molecule has 2 aromatic carbocycles. The van der Waals surface area contributed by atoms with Crippen molar-refractivity contribution in [2.24, 2.45) is 0 Å². The van der Waals surface area contributed by atoms with E-state index in [1.165, 1.54) is 6.07 Å². The van der Waals surface area contributed by atoms with E-state index in [-0.39, 0.29) is 0 Å². The van der Waals surface area contributed by atoms with Crippen molar-refractivity contribution in [3.8, 4) is 0 Å². The highest BCUT2D eigenvalue weighted by Gasteiger charge is 2.47. The van der Waals surface area contributed by atoms with Gasteiger partial charge < -0.3 is 10.2 Å². The first-order valence-electron chi connectivity index (χ1n) is 5.57. The number of hydrogen-bond donors (Lipinski definition) is 2. The van der Waals surface area contributed by atoms with Crippen molar-refractivity contribution in [2.75, 3.05) is 0 Å². The van der Waals surface area contributed by atoms with Gasteiger partial charge >= 0.3 is 17.6 Å². The van der Waals surface area contributed by atoms with Gasteiger partial charge in [0.2, 0.25) is 0 Å². The predicted molar refractivity (Wildman–Crippen MR) is 66.8 cm³/mol. The molecule has 0 saturated carbocycles. The normalized spacial score (nSPS) is 11.4. The molecule has 0 aliphatic rings. The molecule has 2 aromatic rings. The van der Waals surface area contributed by atoms with Gasteiger partial charge in [-0.3, -0.25) is 0 Å². The number of hydrogen-bond acceptors (Lipinski definition) is 2. The van der Waals surface area contributed by atoms with Crippen LogP contribution in [0.25, 0.3) is 10.8 Å². The van der Waals surface area contributed by atoms with E-state index in [1.54, 1.807) is 24.3 Å². The van der Waals surface area contributed by atoms with Crippen molar-refractivity contribution in [3.63, 3.8) is 0 Å². The first kappa shape index (κ1) is 13.0. The van der Waals surface area contributed by atoms with E-state index >= 15 is 0 Å². The summed E-state index contributed by atoms with van der Waals surface area (Å²) in [6.45, 7) is 0. The second-order valence-electron chi connectivity index (χ2n) is 4.27. The maximum absolute atomic E-state index is 13.9. The smallest absolute Gasteiger partial charge is 0.353 e. The van der Waals surface area contributed by atoms with Crippen molar-refractivity contribution in [3.05, 3.63) is 48.0 Å². The quantitative estimate of drug-likeness (QED) is 0.829. The number of benzene rings is 2. The lowest BCUT2D eigenvalue weighted by Gasteiger charge is -2.15. The fraction of sp³-hybridized carbons (Fsp3) is 0.143. The molecule has 0 spiro atoms. The van der Waals surface area contributed by atoms with Crippen LogP contribution in [0.1, 0.15) is 5.56 Å². The van der Waals surface area contributed by atoms with Crippen molar-refractivity contribution in [1.29, 1.82) is 0 Å². The van der Waals surface area contributed by atoms with Gasteiger partial charge in [-0.05, 0) is 16.3 Å². The lowest BCUT2D eigenvalue weighted by molar-refractivity contribution is -0.166. The highest BCUT2D eigenvalue weighted by Crippen LogP contribution is 2.22. The molecule has 0 unspecified atom stereocenters. The second-order valence-corrected chi connectivity index (χ2v) is 4.27. The Morgan fingerprint density at radius 2 is 1.58 bits per heavy atom. The summed E-state index contributed by atoms with van der Waals surface area (Å²) in [5.74, 6) is -3.98. The SMILES string of the molecule is O=C(O)C(F)(Cc1ccc2ccccc2c1)C(=O)O. The molecule has 2 rings (SSSR count). The van der Waals surface area contributed by atoms with Crippen LogP contribution < -0.4 is 0 Å². The van der Waals surface area contributed by atoms with Crippen LogP contribution in [0.3, 0.4) is 0 Å². The van der Waals surface area contributed by atoms with E-state index < -0.39 is 24.0 Å². The first-order chi connectivity index (χ1) is 8.93. The van der Waals surface area contributed by atoms with Gasteiger partial charge in [0, 0.05) is 6.42 Å². The number of rotatable bonds is 4. The van der Waals surface area contributed by atoms with Gasteiger partial charge in [-0.1, -0.05) is 42.5 Å². The Kier molecular flexibility index (Phi) is 3.21. The van der Waals surface area contributed by atoms with Crippen molar-refractivity contribution < 1.29 is 24.2 Å². The van der Waals surface area contributed by atoms with Gasteiger partial charge in [0.1, 0.15) is 0 Å². The minimum Gasteiger partial charge on any atom is -0.478 e. The fourth-order valence-corrected chi connectivity index (χ4v) is 1.87. The Morgan fingerprint density at radius 1 is 1.00 bits per heavy atom. The average Bonchev–Trinajstić information content (AvgIpc) is 2.38. The molecule has 0 atom stereocenters. The number of carbonyl (C=O) groups is 2. The minimum absolute atomic E-state index is 0.325. The van der Waals surface area contributed by atoms with Crippen molar-refractivity contribution in [2.45, 2.75) is 12.1 Å². The maximum Gasteiger partial charge on any atom is 0.353 e. The summed E-state index contributed by atoms with van der Waals surface area (Å²) in [5.41, 5.74) is -2.98. The molecule has 0 radical (unpaired) electrons. The summed E-state index contributed by atoms with van der Waals surface area (Å²) in [6.07, 6.45) is -0.706. The topological polar surface area (TPSA) is 74.6 Å². The Hall–Kier alpha value is -2.43. The Balaban J connectivity index is 2.40. The van der Waals surface area contributed by atoms with Crippen LogP contribution >= 0.6 is 0 Å². The van der Waals surface area contributed by atoms with Crippen LogP contribution in [-0.2, 0) is 16.0 Å². The molecule has 5 heteroatoms. The van der Waals surface area contributed by atoms with Crippen molar-refractivity contribution >= 4 is 22.7 Å². The van der Waals surface area contributed by atoms with Crippen molar-refractivity contribution in [1.82, 2.24) is 0 Å². The molecule has 2 N–H and O–H groups in total. The molecule has 98 valence electrons. The Bertz CT molecular complexity index is 637. The molecule has 0 fully saturated rings. The number of aliphatic carboxylic acids is 2. The Labute approximate surface area is 108 Å². The van der Waals surface area contributed by atoms with E-state index in [0.717, 1.165) is 10.8 Å². The molecule has 19 heavy (non-hydrogen) atoms. The third kappa shape index (κ3) is 2.40. The molecule has 0 bridgehead atoms. The predicted octanol–water partition coefficient (Wildman–Crippen LogP) is 2.26. The Morgan fingerprint density at radius 3 is 2.16 bits per heavy atom. The van der Waals surface area contributed by atoms with Gasteiger partial charge in [0.15, 0.2) is 0 Å². The van der Waals surface area contributed by atoms with Gasteiger partial charge in [-0.25, -0.2) is 14.0 Å². The average molecular weight is 262 g/mol. The zero-order valence-corrected chi connectivity index (χ0v) is 9.84. The maximum atomic E-state index is 13.9. The summed E-state index contributed by atoms with van der Waals surface area (Å²) in [7, 11) is 0. The number of carboxylic acid groups (broad SMARTS) is 2. The van der Waals surface area contributed by atoms with Crippen LogP contribution in [-0.4, -0.2) is 27.8 Å².